The van der Waals surface area contributed by atoms with Crippen molar-refractivity contribution in [1.82, 2.24) is 19.5 Å². The van der Waals surface area contributed by atoms with Gasteiger partial charge in [-0.1, -0.05) is 0 Å². The minimum Gasteiger partial charge on any atom is -0.287 e. The summed E-state index contributed by atoms with van der Waals surface area (Å²) in [7, 11) is -2.22. The summed E-state index contributed by atoms with van der Waals surface area (Å²) in [6, 6.07) is 2.78. The molecule has 7 nitrogen and oxygen atoms in total. The van der Waals surface area contributed by atoms with Crippen molar-refractivity contribution in [3.63, 3.8) is 0 Å². The molecular weight excluding hydrogens is 256 g/mol. The second-order valence-electron chi connectivity index (χ2n) is 3.69. The third-order valence-corrected chi connectivity index (χ3v) is 3.30. The van der Waals surface area contributed by atoms with Crippen molar-refractivity contribution >= 4 is 9.84 Å². The van der Waals surface area contributed by atoms with E-state index in [0.717, 1.165) is 10.8 Å². The lowest BCUT2D eigenvalue weighted by Crippen LogP contribution is -2.24. The summed E-state index contributed by atoms with van der Waals surface area (Å²) >= 11 is 0. The van der Waals surface area contributed by atoms with Crippen molar-refractivity contribution in [1.29, 1.82) is 0 Å². The minimum atomic E-state index is -3.58. The van der Waals surface area contributed by atoms with Gasteiger partial charge in [-0.2, -0.15) is 0 Å². The van der Waals surface area contributed by atoms with Crippen LogP contribution in [0.5, 0.6) is 0 Å². The number of hydrogen-bond donors (Lipinski definition) is 0. The van der Waals surface area contributed by atoms with Crippen LogP contribution in [0.4, 0.5) is 0 Å². The van der Waals surface area contributed by atoms with E-state index in [0.29, 0.717) is 5.69 Å². The summed E-state index contributed by atoms with van der Waals surface area (Å²) in [4.78, 5) is 23.3. The van der Waals surface area contributed by atoms with E-state index in [4.69, 9.17) is 0 Å². The van der Waals surface area contributed by atoms with E-state index in [1.807, 2.05) is 0 Å². The largest absolute Gasteiger partial charge is 0.287 e. The molecule has 0 amide bonds. The number of sulfone groups is 1. The fourth-order valence-electron chi connectivity index (χ4n) is 1.42. The van der Waals surface area contributed by atoms with Gasteiger partial charge in [-0.15, -0.1) is 0 Å². The van der Waals surface area contributed by atoms with Crippen LogP contribution in [0.15, 0.2) is 34.6 Å². The first-order valence-electron chi connectivity index (χ1n) is 4.94. The average Bonchev–Trinajstić information content (AvgIpc) is 2.32. The van der Waals surface area contributed by atoms with Gasteiger partial charge < -0.3 is 0 Å². The molecule has 0 saturated carbocycles. The molecule has 0 aliphatic heterocycles. The molecule has 2 aromatic heterocycles. The molecule has 0 aromatic carbocycles. The molecule has 94 valence electrons. The molecule has 0 spiro atoms. The van der Waals surface area contributed by atoms with E-state index in [1.165, 1.54) is 25.6 Å². The van der Waals surface area contributed by atoms with E-state index < -0.39 is 15.4 Å². The highest BCUT2D eigenvalue weighted by atomic mass is 32.2. The Bertz CT molecular complexity index is 737. The number of hydrogen-bond acceptors (Lipinski definition) is 6. The first kappa shape index (κ1) is 12.4. The van der Waals surface area contributed by atoms with Gasteiger partial charge in [0.2, 0.25) is 15.0 Å². The van der Waals surface area contributed by atoms with Crippen LogP contribution in [0, 0.1) is 0 Å². The molecule has 18 heavy (non-hydrogen) atoms. The van der Waals surface area contributed by atoms with Crippen molar-refractivity contribution in [3.8, 4) is 11.4 Å². The van der Waals surface area contributed by atoms with Crippen LogP contribution in [0.25, 0.3) is 11.4 Å². The highest BCUT2D eigenvalue weighted by Crippen LogP contribution is 2.13. The lowest BCUT2D eigenvalue weighted by Gasteiger charge is -2.06. The Morgan fingerprint density at radius 2 is 2.00 bits per heavy atom. The number of rotatable bonds is 2. The van der Waals surface area contributed by atoms with Crippen LogP contribution in [-0.4, -0.2) is 34.2 Å². The number of nitrogens with zero attached hydrogens (tertiary/aromatic N) is 4. The molecule has 2 aromatic rings. The molecule has 0 radical (unpaired) electrons. The zero-order valence-electron chi connectivity index (χ0n) is 9.73. The quantitative estimate of drug-likeness (QED) is 0.689. The van der Waals surface area contributed by atoms with Gasteiger partial charge in [-0.25, -0.2) is 23.4 Å². The van der Waals surface area contributed by atoms with Gasteiger partial charge in [0.25, 0.3) is 5.56 Å². The SMILES string of the molecule is Cn1c(S(C)(=O)=O)nc(-c2ccncn2)cc1=O. The summed E-state index contributed by atoms with van der Waals surface area (Å²) in [5.41, 5.74) is 0.146. The molecule has 2 rings (SSSR count). The maximum absolute atomic E-state index is 11.7. The van der Waals surface area contributed by atoms with E-state index in [1.54, 1.807) is 6.07 Å². The standard InChI is InChI=1S/C10H10N4O3S/c1-14-9(15)5-8(7-3-4-11-6-12-7)13-10(14)18(2,16)17/h3-6H,1-2H3. The predicted molar refractivity (Wildman–Crippen MR) is 63.6 cm³/mol. The fraction of sp³-hybridized carbons (Fsp3) is 0.200. The van der Waals surface area contributed by atoms with E-state index in [-0.39, 0.29) is 10.9 Å². The van der Waals surface area contributed by atoms with Crippen LogP contribution in [0.1, 0.15) is 0 Å². The molecule has 0 saturated heterocycles. The molecule has 8 heteroatoms. The third-order valence-electron chi connectivity index (χ3n) is 2.27. The molecule has 0 N–H and O–H groups in total. The highest BCUT2D eigenvalue weighted by Gasteiger charge is 2.16. The van der Waals surface area contributed by atoms with Crippen molar-refractivity contribution in [2.45, 2.75) is 5.16 Å². The van der Waals surface area contributed by atoms with Crippen LogP contribution in [0.2, 0.25) is 0 Å². The lowest BCUT2D eigenvalue weighted by molar-refractivity contribution is 0.576. The second-order valence-corrected chi connectivity index (χ2v) is 5.60. The molecule has 0 atom stereocenters. The molecule has 0 aliphatic rings. The molecule has 0 aliphatic carbocycles. The normalized spacial score (nSPS) is 11.4. The zero-order valence-corrected chi connectivity index (χ0v) is 10.5. The monoisotopic (exact) mass is 266 g/mol. The topological polar surface area (TPSA) is 94.8 Å². The molecule has 0 unspecified atom stereocenters. The van der Waals surface area contributed by atoms with Gasteiger partial charge >= 0.3 is 0 Å². The first-order chi connectivity index (χ1) is 8.39. The van der Waals surface area contributed by atoms with Gasteiger partial charge in [0.05, 0.1) is 11.4 Å². The Labute approximate surface area is 103 Å². The van der Waals surface area contributed by atoms with Gasteiger partial charge in [0, 0.05) is 25.6 Å². The summed E-state index contributed by atoms with van der Waals surface area (Å²) < 4.78 is 24.1. The maximum atomic E-state index is 11.7. The smallest absolute Gasteiger partial charge is 0.254 e. The predicted octanol–water partition coefficient (Wildman–Crippen LogP) is -0.359. The van der Waals surface area contributed by atoms with E-state index in [2.05, 4.69) is 15.0 Å². The Morgan fingerprint density at radius 1 is 1.28 bits per heavy atom. The molecule has 0 bridgehead atoms. The summed E-state index contributed by atoms with van der Waals surface area (Å²) in [6.45, 7) is 0. The molecule has 2 heterocycles. The maximum Gasteiger partial charge on any atom is 0.254 e. The Kier molecular flexibility index (Phi) is 2.95. The van der Waals surface area contributed by atoms with Crippen LogP contribution < -0.4 is 5.56 Å². The summed E-state index contributed by atoms with van der Waals surface area (Å²) in [5, 5.41) is -0.288. The minimum absolute atomic E-state index is 0.209. The van der Waals surface area contributed by atoms with Gasteiger partial charge in [-0.05, 0) is 6.07 Å². The van der Waals surface area contributed by atoms with Gasteiger partial charge in [0.1, 0.15) is 6.33 Å². The zero-order chi connectivity index (χ0) is 13.3. The Hall–Kier alpha value is -2.09. The lowest BCUT2D eigenvalue weighted by atomic mass is 10.3. The summed E-state index contributed by atoms with van der Waals surface area (Å²) in [5.74, 6) is 0. The molecular formula is C10H10N4O3S. The van der Waals surface area contributed by atoms with Gasteiger partial charge in [-0.3, -0.25) is 9.36 Å². The Balaban J connectivity index is 2.74. The first-order valence-corrected chi connectivity index (χ1v) is 6.83. The van der Waals surface area contributed by atoms with Crippen LogP contribution in [0.3, 0.4) is 0 Å². The van der Waals surface area contributed by atoms with E-state index in [9.17, 15) is 13.2 Å². The number of aromatic nitrogens is 4. The third kappa shape index (κ3) is 2.28. The van der Waals surface area contributed by atoms with Gasteiger partial charge in [0.15, 0.2) is 0 Å². The second kappa shape index (κ2) is 4.30. The summed E-state index contributed by atoms with van der Waals surface area (Å²) in [6.07, 6.45) is 3.79. The van der Waals surface area contributed by atoms with Crippen molar-refractivity contribution < 1.29 is 8.42 Å². The Morgan fingerprint density at radius 3 is 2.56 bits per heavy atom. The fourth-order valence-corrected chi connectivity index (χ4v) is 2.28. The van der Waals surface area contributed by atoms with Crippen molar-refractivity contribution in [2.75, 3.05) is 6.26 Å². The molecule has 0 fully saturated rings. The van der Waals surface area contributed by atoms with Crippen molar-refractivity contribution in [3.05, 3.63) is 35.0 Å². The average molecular weight is 266 g/mol. The highest BCUT2D eigenvalue weighted by molar-refractivity contribution is 7.90. The van der Waals surface area contributed by atoms with E-state index >= 15 is 0 Å². The van der Waals surface area contributed by atoms with Crippen molar-refractivity contribution in [2.24, 2.45) is 7.05 Å². The van der Waals surface area contributed by atoms with Crippen LogP contribution in [-0.2, 0) is 16.9 Å². The van der Waals surface area contributed by atoms with Crippen LogP contribution >= 0.6 is 0 Å².